The Bertz CT molecular complexity index is 154. The van der Waals surface area contributed by atoms with Gasteiger partial charge in [-0.3, -0.25) is 4.79 Å². The molecule has 0 aliphatic rings. The van der Waals surface area contributed by atoms with Crippen LogP contribution in [0.15, 0.2) is 0 Å². The summed E-state index contributed by atoms with van der Waals surface area (Å²) >= 11 is 0. The van der Waals surface area contributed by atoms with Crippen LogP contribution in [-0.4, -0.2) is 29.2 Å². The SMILES string of the molecule is C[C@@H](O)C(N)C(=O)C(F)(F)F. The fourth-order valence-electron chi connectivity index (χ4n) is 0.408. The maximum absolute atomic E-state index is 11.5. The molecule has 66 valence electrons. The van der Waals surface area contributed by atoms with E-state index in [4.69, 9.17) is 10.8 Å². The molecule has 0 saturated heterocycles. The van der Waals surface area contributed by atoms with Crippen molar-refractivity contribution < 1.29 is 23.1 Å². The van der Waals surface area contributed by atoms with E-state index in [1.165, 1.54) is 0 Å². The molecule has 1 unspecified atom stereocenters. The van der Waals surface area contributed by atoms with Crippen LogP contribution in [0, 0.1) is 0 Å². The number of alkyl halides is 3. The Morgan fingerprint density at radius 2 is 1.91 bits per heavy atom. The van der Waals surface area contributed by atoms with E-state index in [1.807, 2.05) is 0 Å². The summed E-state index contributed by atoms with van der Waals surface area (Å²) in [6.45, 7) is 1.02. The largest absolute Gasteiger partial charge is 0.451 e. The Morgan fingerprint density at radius 1 is 1.55 bits per heavy atom. The molecule has 0 bridgehead atoms. The summed E-state index contributed by atoms with van der Waals surface area (Å²) in [5.41, 5.74) is 4.73. The zero-order valence-corrected chi connectivity index (χ0v) is 5.72. The van der Waals surface area contributed by atoms with Crippen LogP contribution in [0.4, 0.5) is 13.2 Å². The van der Waals surface area contributed by atoms with Crippen LogP contribution in [0.1, 0.15) is 6.92 Å². The summed E-state index contributed by atoms with van der Waals surface area (Å²) in [6, 6.07) is -1.88. The fourth-order valence-corrected chi connectivity index (χ4v) is 0.408. The van der Waals surface area contributed by atoms with Crippen molar-refractivity contribution in [3.05, 3.63) is 0 Å². The molecular formula is C5H8F3NO2. The third kappa shape index (κ3) is 2.85. The third-order valence-electron chi connectivity index (χ3n) is 1.10. The third-order valence-corrected chi connectivity index (χ3v) is 1.10. The highest BCUT2D eigenvalue weighted by Gasteiger charge is 2.43. The minimum Gasteiger partial charge on any atom is -0.391 e. The molecule has 0 rings (SSSR count). The van der Waals surface area contributed by atoms with E-state index < -0.39 is 24.1 Å². The molecule has 0 aliphatic carbocycles. The topological polar surface area (TPSA) is 63.3 Å². The van der Waals surface area contributed by atoms with Gasteiger partial charge in [0.2, 0.25) is 0 Å². The second-order valence-corrected chi connectivity index (χ2v) is 2.13. The maximum Gasteiger partial charge on any atom is 0.451 e. The van der Waals surface area contributed by atoms with Crippen molar-refractivity contribution in [2.75, 3.05) is 0 Å². The van der Waals surface area contributed by atoms with Crippen LogP contribution in [0.5, 0.6) is 0 Å². The molecule has 0 fully saturated rings. The van der Waals surface area contributed by atoms with Crippen molar-refractivity contribution in [1.82, 2.24) is 0 Å². The molecule has 6 heteroatoms. The predicted molar refractivity (Wildman–Crippen MR) is 30.7 cm³/mol. The van der Waals surface area contributed by atoms with E-state index in [2.05, 4.69) is 0 Å². The zero-order chi connectivity index (χ0) is 9.23. The molecule has 0 amide bonds. The number of halogens is 3. The normalized spacial score (nSPS) is 17.6. The van der Waals surface area contributed by atoms with Gasteiger partial charge in [-0.1, -0.05) is 0 Å². The van der Waals surface area contributed by atoms with Gasteiger partial charge in [0.1, 0.15) is 0 Å². The second-order valence-electron chi connectivity index (χ2n) is 2.13. The smallest absolute Gasteiger partial charge is 0.391 e. The molecule has 0 aromatic heterocycles. The molecule has 2 atom stereocenters. The van der Waals surface area contributed by atoms with Crippen molar-refractivity contribution >= 4 is 5.78 Å². The van der Waals surface area contributed by atoms with Gasteiger partial charge in [-0.15, -0.1) is 0 Å². The van der Waals surface area contributed by atoms with Crippen molar-refractivity contribution in [2.45, 2.75) is 25.2 Å². The van der Waals surface area contributed by atoms with Crippen LogP contribution < -0.4 is 5.73 Å². The number of rotatable bonds is 2. The first-order valence-electron chi connectivity index (χ1n) is 2.81. The standard InChI is InChI=1S/C5H8F3NO2/c1-2(10)3(9)4(11)5(6,7)8/h2-3,10H,9H2,1H3/t2-,3?/m1/s1. The number of aliphatic hydroxyl groups is 1. The lowest BCUT2D eigenvalue weighted by Crippen LogP contribution is -2.47. The first kappa shape index (κ1) is 10.4. The van der Waals surface area contributed by atoms with E-state index in [0.29, 0.717) is 0 Å². The highest BCUT2D eigenvalue weighted by molar-refractivity contribution is 5.89. The Morgan fingerprint density at radius 3 is 2.00 bits per heavy atom. The Hall–Kier alpha value is -0.620. The molecule has 0 heterocycles. The minimum absolute atomic E-state index is 1.02. The lowest BCUT2D eigenvalue weighted by Gasteiger charge is -2.14. The number of carbonyl (C=O) groups is 1. The molecule has 3 N–H and O–H groups in total. The van der Waals surface area contributed by atoms with Gasteiger partial charge in [-0.05, 0) is 6.92 Å². The zero-order valence-electron chi connectivity index (χ0n) is 5.72. The van der Waals surface area contributed by atoms with E-state index in [0.717, 1.165) is 6.92 Å². The van der Waals surface area contributed by atoms with Crippen LogP contribution in [-0.2, 0) is 4.79 Å². The van der Waals surface area contributed by atoms with E-state index in [1.54, 1.807) is 0 Å². The Kier molecular flexibility index (Phi) is 3.01. The summed E-state index contributed by atoms with van der Waals surface area (Å²) in [5.74, 6) is -2.10. The number of Topliss-reactive ketones (excluding diaryl/α,β-unsaturated/α-hetero) is 1. The van der Waals surface area contributed by atoms with Crippen LogP contribution in [0.25, 0.3) is 0 Å². The molecule has 0 radical (unpaired) electrons. The lowest BCUT2D eigenvalue weighted by atomic mass is 10.1. The van der Waals surface area contributed by atoms with Crippen LogP contribution >= 0.6 is 0 Å². The van der Waals surface area contributed by atoms with Gasteiger partial charge in [0.05, 0.1) is 12.1 Å². The van der Waals surface area contributed by atoms with Gasteiger partial charge in [0.15, 0.2) is 0 Å². The predicted octanol–water partition coefficient (Wildman–Crippen LogP) is -0.174. The molecular weight excluding hydrogens is 163 g/mol. The number of hydrogen-bond acceptors (Lipinski definition) is 3. The van der Waals surface area contributed by atoms with E-state index in [-0.39, 0.29) is 0 Å². The lowest BCUT2D eigenvalue weighted by molar-refractivity contribution is -0.174. The van der Waals surface area contributed by atoms with Crippen LogP contribution in [0.2, 0.25) is 0 Å². The van der Waals surface area contributed by atoms with Crippen molar-refractivity contribution in [3.63, 3.8) is 0 Å². The summed E-state index contributed by atoms with van der Waals surface area (Å²) < 4.78 is 34.6. The first-order valence-corrected chi connectivity index (χ1v) is 2.81. The van der Waals surface area contributed by atoms with Gasteiger partial charge in [-0.2, -0.15) is 13.2 Å². The second kappa shape index (κ2) is 3.19. The van der Waals surface area contributed by atoms with Crippen molar-refractivity contribution in [1.29, 1.82) is 0 Å². The number of hydrogen-bond donors (Lipinski definition) is 2. The highest BCUT2D eigenvalue weighted by atomic mass is 19.4. The number of ketones is 1. The molecule has 0 saturated carbocycles. The average molecular weight is 171 g/mol. The molecule has 0 aliphatic heterocycles. The number of aliphatic hydroxyl groups excluding tert-OH is 1. The summed E-state index contributed by atoms with van der Waals surface area (Å²) in [5, 5.41) is 8.51. The van der Waals surface area contributed by atoms with Crippen molar-refractivity contribution in [3.8, 4) is 0 Å². The molecule has 0 aromatic rings. The van der Waals surface area contributed by atoms with Crippen LogP contribution in [0.3, 0.4) is 0 Å². The molecule has 0 spiro atoms. The fraction of sp³-hybridized carbons (Fsp3) is 0.800. The van der Waals surface area contributed by atoms with Gasteiger partial charge < -0.3 is 10.8 Å². The molecule has 11 heavy (non-hydrogen) atoms. The maximum atomic E-state index is 11.5. The average Bonchev–Trinajstić information content (AvgIpc) is 1.82. The van der Waals surface area contributed by atoms with Crippen molar-refractivity contribution in [2.24, 2.45) is 5.73 Å². The van der Waals surface area contributed by atoms with Gasteiger partial charge >= 0.3 is 6.18 Å². The Labute approximate surface area is 61.0 Å². The molecule has 0 aromatic carbocycles. The van der Waals surface area contributed by atoms with Gasteiger partial charge in [0.25, 0.3) is 5.78 Å². The summed E-state index contributed by atoms with van der Waals surface area (Å²) in [7, 11) is 0. The summed E-state index contributed by atoms with van der Waals surface area (Å²) in [4.78, 5) is 10.2. The number of carbonyl (C=O) groups excluding carboxylic acids is 1. The van der Waals surface area contributed by atoms with Gasteiger partial charge in [0, 0.05) is 0 Å². The molecule has 3 nitrogen and oxygen atoms in total. The minimum atomic E-state index is -4.96. The van der Waals surface area contributed by atoms with Gasteiger partial charge in [-0.25, -0.2) is 0 Å². The Balaban J connectivity index is 4.26. The quantitative estimate of drug-likeness (QED) is 0.606. The van der Waals surface area contributed by atoms with E-state index in [9.17, 15) is 18.0 Å². The monoisotopic (exact) mass is 171 g/mol. The first-order chi connectivity index (χ1) is 4.76. The highest BCUT2D eigenvalue weighted by Crippen LogP contribution is 2.18. The number of nitrogens with two attached hydrogens (primary N) is 1. The summed E-state index contributed by atoms with van der Waals surface area (Å²) in [6.07, 6.45) is -6.44. The van der Waals surface area contributed by atoms with E-state index >= 15 is 0 Å².